The van der Waals surface area contributed by atoms with Crippen molar-refractivity contribution >= 4 is 11.0 Å². The molecule has 2 aromatic rings. The number of hydrogen-bond donors (Lipinski definition) is 1. The van der Waals surface area contributed by atoms with Crippen LogP contribution >= 0.6 is 0 Å². The molecular formula is C13H15F2NO. The second kappa shape index (κ2) is 4.84. The molecule has 1 aromatic heterocycles. The molecule has 1 heterocycles. The highest BCUT2D eigenvalue weighted by molar-refractivity contribution is 5.78. The second-order valence-electron chi connectivity index (χ2n) is 4.14. The van der Waals surface area contributed by atoms with Crippen LogP contribution in [0.1, 0.15) is 18.9 Å². The Morgan fingerprint density at radius 1 is 1.29 bits per heavy atom. The fourth-order valence-corrected chi connectivity index (χ4v) is 1.97. The molecule has 0 aliphatic carbocycles. The van der Waals surface area contributed by atoms with Crippen LogP contribution in [0.25, 0.3) is 11.0 Å². The Hall–Kier alpha value is -1.42. The standard InChI is InChI=1S/C13H15F2NO/c1-3-9(16-2)4-8-5-11(14)10-7-13(15)17-12(10)6-8/h5-7,9,16H,3-4H2,1-2H3. The zero-order valence-electron chi connectivity index (χ0n) is 9.89. The maximum absolute atomic E-state index is 13.7. The second-order valence-corrected chi connectivity index (χ2v) is 4.14. The largest absolute Gasteiger partial charge is 0.431 e. The molecule has 0 fully saturated rings. The third kappa shape index (κ3) is 2.47. The molecule has 0 aliphatic rings. The molecule has 1 unspecified atom stereocenters. The molecule has 1 N–H and O–H groups in total. The summed E-state index contributed by atoms with van der Waals surface area (Å²) >= 11 is 0. The monoisotopic (exact) mass is 239 g/mol. The van der Waals surface area contributed by atoms with Crippen LogP contribution in [-0.4, -0.2) is 13.1 Å². The molecule has 1 aromatic carbocycles. The highest BCUT2D eigenvalue weighted by atomic mass is 19.1. The molecule has 0 saturated carbocycles. The molecule has 2 rings (SSSR count). The predicted octanol–water partition coefficient (Wildman–Crippen LogP) is 3.25. The predicted molar refractivity (Wildman–Crippen MR) is 63.0 cm³/mol. The fourth-order valence-electron chi connectivity index (χ4n) is 1.97. The van der Waals surface area contributed by atoms with Gasteiger partial charge in [-0.05, 0) is 37.6 Å². The minimum atomic E-state index is -0.753. The molecule has 92 valence electrons. The summed E-state index contributed by atoms with van der Waals surface area (Å²) in [6.07, 6.45) is 1.64. The van der Waals surface area contributed by atoms with E-state index in [0.29, 0.717) is 6.42 Å². The van der Waals surface area contributed by atoms with E-state index in [0.717, 1.165) is 18.1 Å². The molecule has 0 amide bonds. The molecular weight excluding hydrogens is 224 g/mol. The van der Waals surface area contributed by atoms with E-state index in [2.05, 4.69) is 12.2 Å². The zero-order valence-corrected chi connectivity index (χ0v) is 9.89. The first-order valence-electron chi connectivity index (χ1n) is 5.68. The summed E-state index contributed by atoms with van der Waals surface area (Å²) in [5, 5.41) is 3.34. The Morgan fingerprint density at radius 2 is 2.06 bits per heavy atom. The minimum absolute atomic E-state index is 0.198. The van der Waals surface area contributed by atoms with E-state index in [1.54, 1.807) is 6.07 Å². The summed E-state index contributed by atoms with van der Waals surface area (Å²) in [4.78, 5) is 0. The van der Waals surface area contributed by atoms with Crippen LogP contribution < -0.4 is 5.32 Å². The van der Waals surface area contributed by atoms with Crippen molar-refractivity contribution in [3.63, 3.8) is 0 Å². The molecule has 0 aliphatic heterocycles. The number of fused-ring (bicyclic) bond motifs is 1. The van der Waals surface area contributed by atoms with Crippen molar-refractivity contribution in [2.75, 3.05) is 7.05 Å². The van der Waals surface area contributed by atoms with Crippen molar-refractivity contribution in [3.05, 3.63) is 35.6 Å². The molecule has 0 saturated heterocycles. The van der Waals surface area contributed by atoms with Crippen LogP contribution in [0.4, 0.5) is 8.78 Å². The highest BCUT2D eigenvalue weighted by Gasteiger charge is 2.12. The van der Waals surface area contributed by atoms with Gasteiger partial charge in [-0.3, -0.25) is 0 Å². The van der Waals surface area contributed by atoms with Crippen LogP contribution in [0.3, 0.4) is 0 Å². The molecule has 1 atom stereocenters. The number of furan rings is 1. The van der Waals surface area contributed by atoms with Gasteiger partial charge < -0.3 is 9.73 Å². The van der Waals surface area contributed by atoms with Crippen LogP contribution in [0.15, 0.2) is 22.6 Å². The quantitative estimate of drug-likeness (QED) is 0.886. The topological polar surface area (TPSA) is 25.2 Å². The Morgan fingerprint density at radius 3 is 2.71 bits per heavy atom. The number of halogens is 2. The van der Waals surface area contributed by atoms with E-state index in [1.165, 1.54) is 6.07 Å². The maximum Gasteiger partial charge on any atom is 0.278 e. The zero-order chi connectivity index (χ0) is 12.4. The van der Waals surface area contributed by atoms with E-state index in [4.69, 9.17) is 4.42 Å². The lowest BCUT2D eigenvalue weighted by molar-refractivity contribution is 0.380. The van der Waals surface area contributed by atoms with Gasteiger partial charge in [0.2, 0.25) is 0 Å². The van der Waals surface area contributed by atoms with Gasteiger partial charge in [-0.1, -0.05) is 6.92 Å². The van der Waals surface area contributed by atoms with Gasteiger partial charge in [-0.15, -0.1) is 0 Å². The van der Waals surface area contributed by atoms with Gasteiger partial charge in [0.25, 0.3) is 6.01 Å². The number of rotatable bonds is 4. The summed E-state index contributed by atoms with van der Waals surface area (Å²) in [7, 11) is 1.87. The van der Waals surface area contributed by atoms with Crippen LogP contribution in [-0.2, 0) is 6.42 Å². The summed E-state index contributed by atoms with van der Waals surface area (Å²) in [6, 6.07) is 3.74. The van der Waals surface area contributed by atoms with Crippen LogP contribution in [0.5, 0.6) is 0 Å². The first kappa shape index (κ1) is 12.0. The maximum atomic E-state index is 13.7. The van der Waals surface area contributed by atoms with Gasteiger partial charge in [-0.25, -0.2) is 4.39 Å². The average molecular weight is 239 g/mol. The summed E-state index contributed by atoms with van der Waals surface area (Å²) in [5.41, 5.74) is 1.08. The SMILES string of the molecule is CCC(Cc1cc(F)c2cc(F)oc2c1)NC. The molecule has 4 heteroatoms. The number of hydrogen-bond acceptors (Lipinski definition) is 2. The molecule has 0 bridgehead atoms. The summed E-state index contributed by atoms with van der Waals surface area (Å²) in [5.74, 6) is -0.434. The van der Waals surface area contributed by atoms with Gasteiger partial charge in [0, 0.05) is 12.1 Å². The molecule has 2 nitrogen and oxygen atoms in total. The lowest BCUT2D eigenvalue weighted by Crippen LogP contribution is -2.26. The third-order valence-corrected chi connectivity index (χ3v) is 3.00. The van der Waals surface area contributed by atoms with Gasteiger partial charge >= 0.3 is 0 Å². The van der Waals surface area contributed by atoms with Crippen molar-refractivity contribution in [1.29, 1.82) is 0 Å². The summed E-state index contributed by atoms with van der Waals surface area (Å²) in [6.45, 7) is 2.06. The van der Waals surface area contributed by atoms with E-state index in [1.807, 2.05) is 7.05 Å². The van der Waals surface area contributed by atoms with Crippen LogP contribution in [0, 0.1) is 11.8 Å². The Balaban J connectivity index is 2.35. The lowest BCUT2D eigenvalue weighted by atomic mass is 10.0. The van der Waals surface area contributed by atoms with Gasteiger partial charge in [0.15, 0.2) is 0 Å². The van der Waals surface area contributed by atoms with E-state index in [9.17, 15) is 8.78 Å². The van der Waals surface area contributed by atoms with Crippen LogP contribution in [0.2, 0.25) is 0 Å². The van der Waals surface area contributed by atoms with Gasteiger partial charge in [-0.2, -0.15) is 4.39 Å². The molecule has 0 radical (unpaired) electrons. The smallest absolute Gasteiger partial charge is 0.278 e. The lowest BCUT2D eigenvalue weighted by Gasteiger charge is -2.13. The third-order valence-electron chi connectivity index (χ3n) is 3.00. The molecule has 17 heavy (non-hydrogen) atoms. The van der Waals surface area contributed by atoms with Crippen molar-refractivity contribution in [2.45, 2.75) is 25.8 Å². The van der Waals surface area contributed by atoms with Crippen molar-refractivity contribution in [3.8, 4) is 0 Å². The first-order valence-corrected chi connectivity index (χ1v) is 5.68. The normalized spacial score (nSPS) is 13.2. The average Bonchev–Trinajstić information content (AvgIpc) is 2.67. The van der Waals surface area contributed by atoms with E-state index >= 15 is 0 Å². The van der Waals surface area contributed by atoms with Crippen molar-refractivity contribution in [1.82, 2.24) is 5.32 Å². The Bertz CT molecular complexity index is 517. The van der Waals surface area contributed by atoms with Crippen molar-refractivity contribution in [2.24, 2.45) is 0 Å². The minimum Gasteiger partial charge on any atom is -0.431 e. The van der Waals surface area contributed by atoms with E-state index in [-0.39, 0.29) is 17.0 Å². The number of benzene rings is 1. The van der Waals surface area contributed by atoms with Gasteiger partial charge in [0.05, 0.1) is 5.39 Å². The van der Waals surface area contributed by atoms with E-state index < -0.39 is 11.8 Å². The number of likely N-dealkylation sites (N-methyl/N-ethyl adjacent to an activating group) is 1. The molecule has 0 spiro atoms. The Kier molecular flexibility index (Phi) is 3.43. The van der Waals surface area contributed by atoms with Gasteiger partial charge in [0.1, 0.15) is 11.4 Å². The van der Waals surface area contributed by atoms with Crippen molar-refractivity contribution < 1.29 is 13.2 Å². The summed E-state index contributed by atoms with van der Waals surface area (Å²) < 4.78 is 31.4. The highest BCUT2D eigenvalue weighted by Crippen LogP contribution is 2.24. The first-order chi connectivity index (χ1) is 8.13. The Labute approximate surface area is 98.6 Å². The number of nitrogens with one attached hydrogen (secondary N) is 1. The fraction of sp³-hybridized carbons (Fsp3) is 0.385.